The zero-order valence-corrected chi connectivity index (χ0v) is 11.5. The van der Waals surface area contributed by atoms with Crippen LogP contribution in [0, 0.1) is 5.92 Å². The summed E-state index contributed by atoms with van der Waals surface area (Å²) in [6.45, 7) is 4.77. The molecule has 1 fully saturated rings. The number of nitrogens with two attached hydrogens (primary N) is 1. The number of hydrogen-bond donors (Lipinski definition) is 1. The predicted octanol–water partition coefficient (Wildman–Crippen LogP) is 2.18. The maximum Gasteiger partial charge on any atom is 0.234 e. The van der Waals surface area contributed by atoms with Crippen LogP contribution in [0.25, 0.3) is 0 Å². The van der Waals surface area contributed by atoms with Gasteiger partial charge < -0.3 is 15.0 Å². The summed E-state index contributed by atoms with van der Waals surface area (Å²) >= 11 is 0. The fourth-order valence-corrected chi connectivity index (χ4v) is 2.54. The van der Waals surface area contributed by atoms with Crippen LogP contribution in [0.1, 0.15) is 57.3 Å². The molecule has 18 heavy (non-hydrogen) atoms. The van der Waals surface area contributed by atoms with Crippen molar-refractivity contribution in [2.45, 2.75) is 51.0 Å². The Labute approximate surface area is 108 Å². The summed E-state index contributed by atoms with van der Waals surface area (Å²) in [5, 5.41) is 4.01. The number of methoxy groups -OCH3 is 1. The van der Waals surface area contributed by atoms with Crippen molar-refractivity contribution < 1.29 is 9.26 Å². The minimum Gasteiger partial charge on any atom is -0.374 e. The fraction of sp³-hybridized carbons (Fsp3) is 0.846. The molecule has 5 heteroatoms. The van der Waals surface area contributed by atoms with Crippen LogP contribution in [0.2, 0.25) is 0 Å². The molecule has 102 valence electrons. The standard InChI is InChI=1S/C13H23N3O2/c1-9-4-6-13(8-14,7-5-9)12-15-11(16-18-12)10(2)17-3/h9-10H,4-8,14H2,1-3H3. The minimum atomic E-state index is -0.139. The molecule has 1 saturated carbocycles. The van der Waals surface area contributed by atoms with Crippen LogP contribution in [-0.4, -0.2) is 23.8 Å². The third kappa shape index (κ3) is 2.42. The summed E-state index contributed by atoms with van der Waals surface area (Å²) in [4.78, 5) is 4.49. The lowest BCUT2D eigenvalue weighted by atomic mass is 9.71. The Bertz CT molecular complexity index is 383. The molecule has 1 aromatic heterocycles. The lowest BCUT2D eigenvalue weighted by Gasteiger charge is -2.35. The van der Waals surface area contributed by atoms with E-state index in [1.54, 1.807) is 7.11 Å². The number of aromatic nitrogens is 2. The molecule has 0 saturated heterocycles. The van der Waals surface area contributed by atoms with Crippen molar-refractivity contribution in [2.24, 2.45) is 11.7 Å². The van der Waals surface area contributed by atoms with Crippen LogP contribution < -0.4 is 5.73 Å². The zero-order valence-electron chi connectivity index (χ0n) is 11.5. The molecule has 0 spiro atoms. The zero-order chi connectivity index (χ0) is 13.2. The second-order valence-electron chi connectivity index (χ2n) is 5.50. The van der Waals surface area contributed by atoms with Gasteiger partial charge in [-0.05, 0) is 38.5 Å². The molecule has 1 heterocycles. The van der Waals surface area contributed by atoms with E-state index in [0.29, 0.717) is 18.3 Å². The average Bonchev–Trinajstić information content (AvgIpc) is 2.89. The molecular weight excluding hydrogens is 230 g/mol. The van der Waals surface area contributed by atoms with E-state index in [-0.39, 0.29) is 11.5 Å². The highest BCUT2D eigenvalue weighted by molar-refractivity contribution is 5.09. The summed E-state index contributed by atoms with van der Waals surface area (Å²) in [6, 6.07) is 0. The van der Waals surface area contributed by atoms with Crippen LogP contribution in [0.4, 0.5) is 0 Å². The molecule has 1 unspecified atom stereocenters. The quantitative estimate of drug-likeness (QED) is 0.890. The molecule has 1 aliphatic carbocycles. The number of hydrogen-bond acceptors (Lipinski definition) is 5. The first kappa shape index (κ1) is 13.5. The summed E-state index contributed by atoms with van der Waals surface area (Å²) in [6.07, 6.45) is 4.28. The van der Waals surface area contributed by atoms with E-state index in [1.165, 1.54) is 12.8 Å². The van der Waals surface area contributed by atoms with Gasteiger partial charge in [-0.3, -0.25) is 0 Å². The van der Waals surface area contributed by atoms with E-state index >= 15 is 0 Å². The molecule has 1 atom stereocenters. The van der Waals surface area contributed by atoms with Crippen LogP contribution in [0.5, 0.6) is 0 Å². The Hall–Kier alpha value is -0.940. The van der Waals surface area contributed by atoms with Gasteiger partial charge in [-0.2, -0.15) is 4.98 Å². The molecule has 0 bridgehead atoms. The van der Waals surface area contributed by atoms with Gasteiger partial charge in [0.15, 0.2) is 5.82 Å². The fourth-order valence-electron chi connectivity index (χ4n) is 2.54. The van der Waals surface area contributed by atoms with Gasteiger partial charge in [0.2, 0.25) is 5.89 Å². The molecule has 0 aromatic carbocycles. The molecule has 0 radical (unpaired) electrons. The largest absolute Gasteiger partial charge is 0.374 e. The minimum absolute atomic E-state index is 0.120. The van der Waals surface area contributed by atoms with Crippen molar-refractivity contribution in [3.8, 4) is 0 Å². The first-order chi connectivity index (χ1) is 8.61. The maximum atomic E-state index is 5.97. The normalized spacial score (nSPS) is 30.3. The van der Waals surface area contributed by atoms with Crippen molar-refractivity contribution in [3.05, 3.63) is 11.7 Å². The summed E-state index contributed by atoms with van der Waals surface area (Å²) in [5.41, 5.74) is 5.85. The summed E-state index contributed by atoms with van der Waals surface area (Å²) < 4.78 is 10.6. The van der Waals surface area contributed by atoms with Gasteiger partial charge in [-0.25, -0.2) is 0 Å². The van der Waals surface area contributed by atoms with E-state index < -0.39 is 0 Å². The van der Waals surface area contributed by atoms with Crippen molar-refractivity contribution in [1.82, 2.24) is 10.1 Å². The van der Waals surface area contributed by atoms with E-state index in [2.05, 4.69) is 17.1 Å². The smallest absolute Gasteiger partial charge is 0.234 e. The maximum absolute atomic E-state index is 5.97. The van der Waals surface area contributed by atoms with Crippen molar-refractivity contribution in [1.29, 1.82) is 0 Å². The molecule has 0 aliphatic heterocycles. The second-order valence-corrected chi connectivity index (χ2v) is 5.50. The number of rotatable bonds is 4. The second kappa shape index (κ2) is 5.36. The van der Waals surface area contributed by atoms with E-state index in [0.717, 1.165) is 18.8 Å². The third-order valence-corrected chi connectivity index (χ3v) is 4.23. The first-order valence-corrected chi connectivity index (χ1v) is 6.68. The lowest BCUT2D eigenvalue weighted by Crippen LogP contribution is -2.39. The molecule has 1 aliphatic rings. The summed E-state index contributed by atoms with van der Waals surface area (Å²) in [7, 11) is 1.64. The van der Waals surface area contributed by atoms with Crippen LogP contribution in [0.3, 0.4) is 0 Å². The molecule has 5 nitrogen and oxygen atoms in total. The van der Waals surface area contributed by atoms with Gasteiger partial charge in [0, 0.05) is 13.7 Å². The monoisotopic (exact) mass is 253 g/mol. The van der Waals surface area contributed by atoms with Gasteiger partial charge >= 0.3 is 0 Å². The third-order valence-electron chi connectivity index (χ3n) is 4.23. The van der Waals surface area contributed by atoms with Gasteiger partial charge in [-0.1, -0.05) is 12.1 Å². The van der Waals surface area contributed by atoms with Gasteiger partial charge in [-0.15, -0.1) is 0 Å². The highest BCUT2D eigenvalue weighted by Gasteiger charge is 2.39. The molecule has 0 amide bonds. The van der Waals surface area contributed by atoms with E-state index in [9.17, 15) is 0 Å². The van der Waals surface area contributed by atoms with Gasteiger partial charge in [0.1, 0.15) is 6.10 Å². The predicted molar refractivity (Wildman–Crippen MR) is 68.1 cm³/mol. The van der Waals surface area contributed by atoms with Crippen molar-refractivity contribution >= 4 is 0 Å². The Balaban J connectivity index is 2.20. The summed E-state index contributed by atoms with van der Waals surface area (Å²) in [5.74, 6) is 2.07. The molecule has 2 rings (SSSR count). The first-order valence-electron chi connectivity index (χ1n) is 6.68. The van der Waals surface area contributed by atoms with Gasteiger partial charge in [0.05, 0.1) is 5.41 Å². The van der Waals surface area contributed by atoms with Crippen molar-refractivity contribution in [3.63, 3.8) is 0 Å². The topological polar surface area (TPSA) is 74.2 Å². The van der Waals surface area contributed by atoms with Crippen LogP contribution in [-0.2, 0) is 10.2 Å². The Morgan fingerprint density at radius 3 is 2.72 bits per heavy atom. The van der Waals surface area contributed by atoms with E-state index in [1.807, 2.05) is 6.92 Å². The van der Waals surface area contributed by atoms with E-state index in [4.69, 9.17) is 15.0 Å². The average molecular weight is 253 g/mol. The molecular formula is C13H23N3O2. The Morgan fingerprint density at radius 2 is 2.17 bits per heavy atom. The number of nitrogens with zero attached hydrogens (tertiary/aromatic N) is 2. The highest BCUT2D eigenvalue weighted by atomic mass is 16.5. The Kier molecular flexibility index (Phi) is 4.02. The Morgan fingerprint density at radius 1 is 1.50 bits per heavy atom. The SMILES string of the molecule is COC(C)c1noc(C2(CN)CCC(C)CC2)n1. The van der Waals surface area contributed by atoms with Crippen molar-refractivity contribution in [2.75, 3.05) is 13.7 Å². The lowest BCUT2D eigenvalue weighted by molar-refractivity contribution is 0.109. The number of ether oxygens (including phenoxy) is 1. The van der Waals surface area contributed by atoms with Crippen LogP contribution >= 0.6 is 0 Å². The molecule has 2 N–H and O–H groups in total. The highest BCUT2D eigenvalue weighted by Crippen LogP contribution is 2.40. The van der Waals surface area contributed by atoms with Crippen LogP contribution in [0.15, 0.2) is 4.52 Å². The molecule has 1 aromatic rings. The van der Waals surface area contributed by atoms with Gasteiger partial charge in [0.25, 0.3) is 0 Å².